The topological polar surface area (TPSA) is 66.5 Å². The van der Waals surface area contributed by atoms with Crippen molar-refractivity contribution in [2.75, 3.05) is 7.05 Å². The Hall–Kier alpha value is -1.70. The van der Waals surface area contributed by atoms with Crippen LogP contribution >= 0.6 is 15.9 Å². The van der Waals surface area contributed by atoms with Crippen molar-refractivity contribution in [1.29, 1.82) is 0 Å². The first kappa shape index (κ1) is 18.1. The molecular weight excluding hydrogens is 404 g/mol. The van der Waals surface area contributed by atoms with Gasteiger partial charge in [-0.1, -0.05) is 34.1 Å². The van der Waals surface area contributed by atoms with Gasteiger partial charge in [0.15, 0.2) is 0 Å². The van der Waals surface area contributed by atoms with Gasteiger partial charge in [-0.05, 0) is 48.7 Å². The van der Waals surface area contributed by atoms with Crippen molar-refractivity contribution in [3.63, 3.8) is 0 Å². The molecule has 0 spiro atoms. The van der Waals surface area contributed by atoms with Crippen LogP contribution in [0.5, 0.6) is 0 Å². The average molecular weight is 423 g/mol. The maximum Gasteiger partial charge on any atom is 0.253 e. The fraction of sp³-hybridized carbons (Fsp3) is 0.278. The molecular formula is C18H19BrN2O3S. The third-order valence-corrected chi connectivity index (χ3v) is 6.02. The van der Waals surface area contributed by atoms with Crippen LogP contribution in [0.15, 0.2) is 57.9 Å². The first-order chi connectivity index (χ1) is 11.8. The molecule has 0 atom stereocenters. The first-order valence-corrected chi connectivity index (χ1v) is 10.2. The van der Waals surface area contributed by atoms with Gasteiger partial charge in [0.25, 0.3) is 5.91 Å². The normalized spacial score (nSPS) is 14.3. The minimum absolute atomic E-state index is 0.0319. The highest BCUT2D eigenvalue weighted by atomic mass is 79.9. The lowest BCUT2D eigenvalue weighted by Crippen LogP contribution is -2.28. The molecule has 132 valence electrons. The molecule has 1 aliphatic rings. The molecule has 1 N–H and O–H groups in total. The van der Waals surface area contributed by atoms with Crippen LogP contribution in [0.4, 0.5) is 0 Å². The number of nitrogens with zero attached hydrogens (tertiary/aromatic N) is 1. The van der Waals surface area contributed by atoms with Crippen molar-refractivity contribution in [3.05, 3.63) is 64.1 Å². The van der Waals surface area contributed by atoms with Crippen LogP contribution in [0, 0.1) is 0 Å². The van der Waals surface area contributed by atoms with Crippen LogP contribution in [-0.2, 0) is 16.6 Å². The lowest BCUT2D eigenvalue weighted by Gasteiger charge is -2.18. The summed E-state index contributed by atoms with van der Waals surface area (Å²) < 4.78 is 28.2. The highest BCUT2D eigenvalue weighted by Gasteiger charge is 2.28. The largest absolute Gasteiger partial charge is 0.337 e. The van der Waals surface area contributed by atoms with Gasteiger partial charge in [0.1, 0.15) is 0 Å². The molecule has 0 heterocycles. The van der Waals surface area contributed by atoms with Crippen molar-refractivity contribution in [2.45, 2.75) is 30.3 Å². The average Bonchev–Trinajstić information content (AvgIpc) is 3.39. The summed E-state index contributed by atoms with van der Waals surface area (Å²) in [4.78, 5) is 14.3. The van der Waals surface area contributed by atoms with E-state index in [1.165, 1.54) is 12.1 Å². The van der Waals surface area contributed by atoms with Gasteiger partial charge < -0.3 is 4.90 Å². The van der Waals surface area contributed by atoms with Crippen molar-refractivity contribution >= 4 is 31.9 Å². The molecule has 0 unspecified atom stereocenters. The second kappa shape index (κ2) is 7.27. The molecule has 0 aromatic heterocycles. The molecule has 1 amide bonds. The van der Waals surface area contributed by atoms with E-state index >= 15 is 0 Å². The predicted octanol–water partition coefficient (Wildman–Crippen LogP) is 3.16. The molecule has 5 nitrogen and oxygen atoms in total. The standard InChI is InChI=1S/C18H19BrN2O3S/c1-21(12-13-5-7-15(19)8-6-13)18(22)14-3-2-4-17(11-14)25(23,24)20-16-9-10-16/h2-8,11,16,20H,9-10,12H2,1H3. The molecule has 2 aromatic carbocycles. The van der Waals surface area contributed by atoms with Crippen LogP contribution in [0.3, 0.4) is 0 Å². The Morgan fingerprint density at radius 2 is 1.88 bits per heavy atom. The van der Waals surface area contributed by atoms with Crippen LogP contribution < -0.4 is 4.72 Å². The van der Waals surface area contributed by atoms with E-state index < -0.39 is 10.0 Å². The zero-order chi connectivity index (χ0) is 18.0. The molecule has 25 heavy (non-hydrogen) atoms. The summed E-state index contributed by atoms with van der Waals surface area (Å²) in [5.41, 5.74) is 1.36. The van der Waals surface area contributed by atoms with Gasteiger partial charge in [0, 0.05) is 29.7 Å². The van der Waals surface area contributed by atoms with E-state index in [0.717, 1.165) is 22.9 Å². The highest BCUT2D eigenvalue weighted by Crippen LogP contribution is 2.23. The summed E-state index contributed by atoms with van der Waals surface area (Å²) in [5, 5.41) is 0. The number of amides is 1. The Balaban J connectivity index is 1.75. The van der Waals surface area contributed by atoms with Crippen LogP contribution in [-0.4, -0.2) is 32.3 Å². The van der Waals surface area contributed by atoms with E-state index in [4.69, 9.17) is 0 Å². The number of benzene rings is 2. The lowest BCUT2D eigenvalue weighted by molar-refractivity contribution is 0.0785. The maximum atomic E-state index is 12.6. The summed E-state index contributed by atoms with van der Waals surface area (Å²) in [6, 6.07) is 13.9. The maximum absolute atomic E-state index is 12.6. The first-order valence-electron chi connectivity index (χ1n) is 7.97. The Kier molecular flexibility index (Phi) is 5.27. The summed E-state index contributed by atoms with van der Waals surface area (Å²) >= 11 is 3.38. The third kappa shape index (κ3) is 4.68. The van der Waals surface area contributed by atoms with Crippen LogP contribution in [0.25, 0.3) is 0 Å². The van der Waals surface area contributed by atoms with E-state index in [9.17, 15) is 13.2 Å². The molecule has 1 fully saturated rings. The Bertz CT molecular complexity index is 877. The molecule has 0 saturated heterocycles. The van der Waals surface area contributed by atoms with Gasteiger partial charge in [-0.25, -0.2) is 13.1 Å². The van der Waals surface area contributed by atoms with E-state index in [2.05, 4.69) is 20.7 Å². The van der Waals surface area contributed by atoms with Crippen LogP contribution in [0.1, 0.15) is 28.8 Å². The lowest BCUT2D eigenvalue weighted by atomic mass is 10.1. The van der Waals surface area contributed by atoms with Crippen molar-refractivity contribution < 1.29 is 13.2 Å². The number of carbonyl (C=O) groups is 1. The number of rotatable bonds is 6. The monoisotopic (exact) mass is 422 g/mol. The highest BCUT2D eigenvalue weighted by molar-refractivity contribution is 9.10. The summed E-state index contributed by atoms with van der Waals surface area (Å²) in [5.74, 6) is -0.216. The molecule has 1 saturated carbocycles. The van der Waals surface area contributed by atoms with Gasteiger partial charge in [0.2, 0.25) is 10.0 Å². The number of carbonyl (C=O) groups excluding carboxylic acids is 1. The van der Waals surface area contributed by atoms with E-state index in [1.54, 1.807) is 24.1 Å². The van der Waals surface area contributed by atoms with Gasteiger partial charge in [0.05, 0.1) is 4.90 Å². The SMILES string of the molecule is CN(Cc1ccc(Br)cc1)C(=O)c1cccc(S(=O)(=O)NC2CC2)c1. The van der Waals surface area contributed by atoms with Crippen molar-refractivity contribution in [2.24, 2.45) is 0 Å². The van der Waals surface area contributed by atoms with Crippen LogP contribution in [0.2, 0.25) is 0 Å². The van der Waals surface area contributed by atoms with Gasteiger partial charge in [-0.15, -0.1) is 0 Å². The Morgan fingerprint density at radius 1 is 1.20 bits per heavy atom. The van der Waals surface area contributed by atoms with E-state index in [-0.39, 0.29) is 16.8 Å². The molecule has 0 aliphatic heterocycles. The number of hydrogen-bond donors (Lipinski definition) is 1. The Morgan fingerprint density at radius 3 is 2.52 bits per heavy atom. The minimum Gasteiger partial charge on any atom is -0.337 e. The number of sulfonamides is 1. The fourth-order valence-corrected chi connectivity index (χ4v) is 4.06. The number of nitrogens with one attached hydrogen (secondary N) is 1. The van der Waals surface area contributed by atoms with E-state index in [1.807, 2.05) is 24.3 Å². The summed E-state index contributed by atoms with van der Waals surface area (Å²) in [6.45, 7) is 0.448. The van der Waals surface area contributed by atoms with Crippen molar-refractivity contribution in [3.8, 4) is 0 Å². The summed E-state index contributed by atoms with van der Waals surface area (Å²) in [6.07, 6.45) is 1.74. The molecule has 0 bridgehead atoms. The second-order valence-electron chi connectivity index (χ2n) is 6.21. The third-order valence-electron chi connectivity index (χ3n) is 3.97. The molecule has 0 radical (unpaired) electrons. The summed E-state index contributed by atoms with van der Waals surface area (Å²) in [7, 11) is -1.87. The smallest absolute Gasteiger partial charge is 0.253 e. The zero-order valence-electron chi connectivity index (χ0n) is 13.8. The zero-order valence-corrected chi connectivity index (χ0v) is 16.2. The molecule has 1 aliphatic carbocycles. The minimum atomic E-state index is -3.57. The molecule has 3 rings (SSSR count). The van der Waals surface area contributed by atoms with E-state index in [0.29, 0.717) is 12.1 Å². The van der Waals surface area contributed by atoms with Gasteiger partial charge in [-0.2, -0.15) is 0 Å². The quantitative estimate of drug-likeness (QED) is 0.777. The predicted molar refractivity (Wildman–Crippen MR) is 99.7 cm³/mol. The molecule has 7 heteroatoms. The fourth-order valence-electron chi connectivity index (χ4n) is 2.44. The van der Waals surface area contributed by atoms with Gasteiger partial charge >= 0.3 is 0 Å². The number of hydrogen-bond acceptors (Lipinski definition) is 3. The Labute approximate surface area is 156 Å². The van der Waals surface area contributed by atoms with Gasteiger partial charge in [-0.3, -0.25) is 4.79 Å². The second-order valence-corrected chi connectivity index (χ2v) is 8.84. The van der Waals surface area contributed by atoms with Crippen molar-refractivity contribution in [1.82, 2.24) is 9.62 Å². The molecule has 2 aromatic rings. The number of halogens is 1.